The first kappa shape index (κ1) is 45.3. The zero-order valence-electron chi connectivity index (χ0n) is 37.5. The second-order valence-corrected chi connectivity index (χ2v) is 15.3. The molecule has 0 amide bonds. The van der Waals surface area contributed by atoms with Gasteiger partial charge in [-0.05, 0) is 122 Å². The highest BCUT2D eigenvalue weighted by atomic mass is 14.3. The van der Waals surface area contributed by atoms with E-state index in [2.05, 4.69) is 233 Å². The van der Waals surface area contributed by atoms with Crippen molar-refractivity contribution in [3.63, 3.8) is 0 Å². The second kappa shape index (κ2) is 23.1. The smallest absolute Gasteiger partial charge is 0.00206 e. The highest BCUT2D eigenvalue weighted by Crippen LogP contribution is 2.46. The SMILES string of the molecule is C=C/C(=C(\C(C1=CCC=CC=C1)=C(/C)c1ccccc1)c1ccc(-c2c(C3=CCCC=C3)ccc(-c3ccccc3)c2-c2ccccc2)cc1)c1ccccc1.C=CC(=C)C.CC. The Morgan fingerprint density at radius 1 is 0.476 bits per heavy atom. The van der Waals surface area contributed by atoms with E-state index in [1.807, 2.05) is 26.8 Å². The lowest BCUT2D eigenvalue weighted by Gasteiger charge is -2.24. The third-order valence-corrected chi connectivity index (χ3v) is 11.1. The zero-order valence-corrected chi connectivity index (χ0v) is 37.5. The molecule has 0 saturated heterocycles. The summed E-state index contributed by atoms with van der Waals surface area (Å²) in [5.74, 6) is 0. The molecule has 2 aliphatic rings. The van der Waals surface area contributed by atoms with Gasteiger partial charge < -0.3 is 0 Å². The molecule has 63 heavy (non-hydrogen) atoms. The molecule has 0 heterocycles. The van der Waals surface area contributed by atoms with Crippen LogP contribution >= 0.6 is 0 Å². The van der Waals surface area contributed by atoms with Crippen LogP contribution in [-0.4, -0.2) is 0 Å². The first-order valence-electron chi connectivity index (χ1n) is 22.2. The lowest BCUT2D eigenvalue weighted by Crippen LogP contribution is -2.02. The maximum atomic E-state index is 4.43. The fourth-order valence-corrected chi connectivity index (χ4v) is 8.08. The van der Waals surface area contributed by atoms with Crippen molar-refractivity contribution in [1.29, 1.82) is 0 Å². The molecule has 0 bridgehead atoms. The van der Waals surface area contributed by atoms with Crippen LogP contribution in [0.4, 0.5) is 0 Å². The molecule has 0 aromatic heterocycles. The van der Waals surface area contributed by atoms with Crippen molar-refractivity contribution in [3.8, 4) is 33.4 Å². The first-order chi connectivity index (χ1) is 31.0. The van der Waals surface area contributed by atoms with Crippen molar-refractivity contribution in [1.82, 2.24) is 0 Å². The van der Waals surface area contributed by atoms with E-state index in [-0.39, 0.29) is 0 Å². The van der Waals surface area contributed by atoms with Gasteiger partial charge in [-0.2, -0.15) is 0 Å². The number of rotatable bonds is 11. The molecule has 0 saturated carbocycles. The van der Waals surface area contributed by atoms with Gasteiger partial charge in [-0.25, -0.2) is 0 Å². The summed E-state index contributed by atoms with van der Waals surface area (Å²) in [5, 5.41) is 0. The molecule has 312 valence electrons. The molecule has 2 aliphatic carbocycles. The van der Waals surface area contributed by atoms with E-state index in [1.54, 1.807) is 6.08 Å². The van der Waals surface area contributed by atoms with Gasteiger partial charge in [-0.15, -0.1) is 0 Å². The molecule has 0 unspecified atom stereocenters. The van der Waals surface area contributed by atoms with Gasteiger partial charge in [-0.3, -0.25) is 0 Å². The summed E-state index contributed by atoms with van der Waals surface area (Å²) in [6.07, 6.45) is 24.9. The Bertz CT molecular complexity index is 2710. The molecule has 0 spiro atoms. The molecule has 0 atom stereocenters. The van der Waals surface area contributed by atoms with Crippen LogP contribution in [0.5, 0.6) is 0 Å². The average molecular weight is 817 g/mol. The lowest BCUT2D eigenvalue weighted by atomic mass is 9.80. The van der Waals surface area contributed by atoms with Crippen molar-refractivity contribution in [2.24, 2.45) is 0 Å². The van der Waals surface area contributed by atoms with Crippen LogP contribution < -0.4 is 0 Å². The summed E-state index contributed by atoms with van der Waals surface area (Å²) < 4.78 is 0. The Balaban J connectivity index is 0.000000883. The molecular formula is C63H60. The summed E-state index contributed by atoms with van der Waals surface area (Å²) in [7, 11) is 0. The summed E-state index contributed by atoms with van der Waals surface area (Å²) >= 11 is 0. The zero-order chi connectivity index (χ0) is 44.4. The highest BCUT2D eigenvalue weighted by Gasteiger charge is 2.23. The Morgan fingerprint density at radius 3 is 1.59 bits per heavy atom. The maximum absolute atomic E-state index is 4.43. The van der Waals surface area contributed by atoms with E-state index in [1.165, 1.54) is 66.8 Å². The van der Waals surface area contributed by atoms with Crippen LogP contribution in [0.1, 0.15) is 69.2 Å². The topological polar surface area (TPSA) is 0 Å². The summed E-state index contributed by atoms with van der Waals surface area (Å²) in [6.45, 7) is 19.6. The predicted octanol–water partition coefficient (Wildman–Crippen LogP) is 18.2. The van der Waals surface area contributed by atoms with Gasteiger partial charge in [0.05, 0.1) is 0 Å². The molecule has 0 N–H and O–H groups in total. The fraction of sp³-hybridized carbons (Fsp3) is 0.111. The van der Waals surface area contributed by atoms with E-state index in [0.717, 1.165) is 47.1 Å². The Labute approximate surface area is 378 Å². The van der Waals surface area contributed by atoms with Crippen molar-refractivity contribution >= 4 is 22.3 Å². The van der Waals surface area contributed by atoms with Crippen molar-refractivity contribution in [2.45, 2.75) is 47.0 Å². The Kier molecular flexibility index (Phi) is 16.6. The van der Waals surface area contributed by atoms with Gasteiger partial charge in [0.15, 0.2) is 0 Å². The minimum absolute atomic E-state index is 0.863. The van der Waals surface area contributed by atoms with Crippen LogP contribution in [0.2, 0.25) is 0 Å². The minimum atomic E-state index is 0.863. The van der Waals surface area contributed by atoms with Gasteiger partial charge in [0, 0.05) is 0 Å². The first-order valence-corrected chi connectivity index (χ1v) is 22.2. The molecule has 0 aliphatic heterocycles. The summed E-state index contributed by atoms with van der Waals surface area (Å²) in [4.78, 5) is 0. The van der Waals surface area contributed by atoms with Gasteiger partial charge >= 0.3 is 0 Å². The average Bonchev–Trinajstić information content (AvgIpc) is 3.65. The van der Waals surface area contributed by atoms with Gasteiger partial charge in [0.2, 0.25) is 0 Å². The summed E-state index contributed by atoms with van der Waals surface area (Å²) in [5.41, 5.74) is 20.2. The van der Waals surface area contributed by atoms with Crippen molar-refractivity contribution < 1.29 is 0 Å². The Morgan fingerprint density at radius 2 is 1.02 bits per heavy atom. The lowest BCUT2D eigenvalue weighted by molar-refractivity contribution is 1.04. The third kappa shape index (κ3) is 11.2. The molecule has 0 nitrogen and oxygen atoms in total. The number of hydrogen-bond acceptors (Lipinski definition) is 0. The largest absolute Gasteiger partial charge is 0.0988 e. The standard InChI is InChI=1S/C56H46.C5H8.C2H6/c1-3-50(43-25-15-7-16-26-43)54(53(46-31-11-4-5-12-32-46)41(2)42-23-13-6-14-24-42)48-35-37-49(38-36-48)56-52(45-29-19-9-20-30-45)40-39-51(44-27-17-8-18-28-44)55(56)47-33-21-10-22-34-47;1-4-5(2)3;1-2/h3-8,10-11,13-19,21-40H,1,9,12,20H2,2H3;4H,1-2H2,3H3;1-2H3/b53-41+,54-50+;;. The van der Waals surface area contributed by atoms with E-state index in [9.17, 15) is 0 Å². The highest BCUT2D eigenvalue weighted by molar-refractivity contribution is 6.08. The van der Waals surface area contributed by atoms with Crippen LogP contribution in [-0.2, 0) is 0 Å². The minimum Gasteiger partial charge on any atom is -0.0988 e. The quantitative estimate of drug-likeness (QED) is 0.0903. The number of allylic oxidation sites excluding steroid dienone is 17. The van der Waals surface area contributed by atoms with Crippen LogP contribution in [0.3, 0.4) is 0 Å². The maximum Gasteiger partial charge on any atom is -0.00206 e. The molecule has 6 aromatic carbocycles. The Hall–Kier alpha value is -7.28. The third-order valence-electron chi connectivity index (χ3n) is 11.1. The molecule has 0 fully saturated rings. The number of hydrogen-bond donors (Lipinski definition) is 0. The molecule has 6 aromatic rings. The summed E-state index contributed by atoms with van der Waals surface area (Å²) in [6, 6.07) is 57.1. The second-order valence-electron chi connectivity index (χ2n) is 15.3. The van der Waals surface area contributed by atoms with Crippen LogP contribution in [0, 0.1) is 0 Å². The monoisotopic (exact) mass is 816 g/mol. The van der Waals surface area contributed by atoms with Gasteiger partial charge in [0.1, 0.15) is 0 Å². The van der Waals surface area contributed by atoms with Crippen LogP contribution in [0.25, 0.3) is 55.7 Å². The van der Waals surface area contributed by atoms with Crippen molar-refractivity contribution in [2.75, 3.05) is 0 Å². The van der Waals surface area contributed by atoms with E-state index in [4.69, 9.17) is 0 Å². The van der Waals surface area contributed by atoms with Crippen molar-refractivity contribution in [3.05, 3.63) is 277 Å². The van der Waals surface area contributed by atoms with E-state index < -0.39 is 0 Å². The molecule has 0 heteroatoms. The molecule has 8 rings (SSSR count). The number of benzene rings is 6. The van der Waals surface area contributed by atoms with Gasteiger partial charge in [-0.1, -0.05) is 258 Å². The molecule has 0 radical (unpaired) electrons. The van der Waals surface area contributed by atoms with E-state index >= 15 is 0 Å². The van der Waals surface area contributed by atoms with Crippen LogP contribution in [0.15, 0.2) is 255 Å². The molecular weight excluding hydrogens is 757 g/mol. The predicted molar refractivity (Wildman–Crippen MR) is 279 cm³/mol. The van der Waals surface area contributed by atoms with Gasteiger partial charge in [0.25, 0.3) is 0 Å². The van der Waals surface area contributed by atoms with E-state index in [0.29, 0.717) is 0 Å². The fourth-order valence-electron chi connectivity index (χ4n) is 8.08. The normalized spacial score (nSPS) is 13.6.